The van der Waals surface area contributed by atoms with Crippen molar-refractivity contribution < 1.29 is 0 Å². The molecular formula is C47H27N3S. The molecule has 3 nitrogen and oxygen atoms in total. The monoisotopic (exact) mass is 665 g/mol. The summed E-state index contributed by atoms with van der Waals surface area (Å²) >= 11 is 1.86. The molecule has 0 amide bonds. The van der Waals surface area contributed by atoms with E-state index in [1.807, 2.05) is 29.5 Å². The number of nitrogens with zero attached hydrogens (tertiary/aromatic N) is 3. The third-order valence-electron chi connectivity index (χ3n) is 10.2. The van der Waals surface area contributed by atoms with Crippen molar-refractivity contribution in [1.82, 2.24) is 15.0 Å². The number of benzene rings is 8. The molecule has 51 heavy (non-hydrogen) atoms. The van der Waals surface area contributed by atoms with Crippen LogP contribution >= 0.6 is 11.3 Å². The molecule has 8 aromatic carbocycles. The number of fused-ring (bicyclic) bond motifs is 8. The van der Waals surface area contributed by atoms with Gasteiger partial charge in [-0.15, -0.1) is 11.3 Å². The molecule has 2 heterocycles. The molecule has 0 unspecified atom stereocenters. The van der Waals surface area contributed by atoms with Crippen LogP contribution in [0.3, 0.4) is 0 Å². The highest BCUT2D eigenvalue weighted by molar-refractivity contribution is 7.26. The first kappa shape index (κ1) is 28.4. The van der Waals surface area contributed by atoms with Gasteiger partial charge in [0, 0.05) is 42.4 Å². The van der Waals surface area contributed by atoms with Crippen molar-refractivity contribution in [2.45, 2.75) is 0 Å². The normalized spacial score (nSPS) is 11.9. The van der Waals surface area contributed by atoms with Crippen molar-refractivity contribution in [3.63, 3.8) is 0 Å². The highest BCUT2D eigenvalue weighted by Crippen LogP contribution is 2.53. The van der Waals surface area contributed by atoms with Crippen molar-refractivity contribution in [3.05, 3.63) is 164 Å². The molecule has 0 radical (unpaired) electrons. The van der Waals surface area contributed by atoms with Gasteiger partial charge in [-0.2, -0.15) is 0 Å². The van der Waals surface area contributed by atoms with E-state index in [1.54, 1.807) is 0 Å². The Balaban J connectivity index is 1.12. The van der Waals surface area contributed by atoms with Crippen LogP contribution in [-0.4, -0.2) is 15.0 Å². The summed E-state index contributed by atoms with van der Waals surface area (Å²) in [5, 5.41) is 7.50. The Morgan fingerprint density at radius 2 is 1.00 bits per heavy atom. The van der Waals surface area contributed by atoms with Crippen molar-refractivity contribution in [2.24, 2.45) is 0 Å². The van der Waals surface area contributed by atoms with E-state index in [0.29, 0.717) is 17.5 Å². The average Bonchev–Trinajstić information content (AvgIpc) is 3.75. The molecule has 236 valence electrons. The zero-order valence-electron chi connectivity index (χ0n) is 27.3. The molecule has 11 rings (SSSR count). The van der Waals surface area contributed by atoms with E-state index < -0.39 is 0 Å². The maximum absolute atomic E-state index is 5.24. The Labute approximate surface area is 298 Å². The average molecular weight is 666 g/mol. The second-order valence-electron chi connectivity index (χ2n) is 13.2. The van der Waals surface area contributed by atoms with Gasteiger partial charge in [-0.05, 0) is 67.6 Å². The summed E-state index contributed by atoms with van der Waals surface area (Å²) in [7, 11) is 0. The number of hydrogen-bond acceptors (Lipinski definition) is 4. The smallest absolute Gasteiger partial charge is 0.164 e. The minimum Gasteiger partial charge on any atom is -0.208 e. The van der Waals surface area contributed by atoms with Crippen LogP contribution in [0.2, 0.25) is 0 Å². The summed E-state index contributed by atoms with van der Waals surface area (Å²) in [4.78, 5) is 15.5. The van der Waals surface area contributed by atoms with E-state index in [4.69, 9.17) is 15.0 Å². The molecule has 0 saturated carbocycles. The Morgan fingerprint density at radius 1 is 0.353 bits per heavy atom. The first-order valence-corrected chi connectivity index (χ1v) is 18.0. The lowest BCUT2D eigenvalue weighted by Gasteiger charge is -2.11. The van der Waals surface area contributed by atoms with E-state index in [0.717, 1.165) is 27.8 Å². The van der Waals surface area contributed by atoms with Crippen LogP contribution < -0.4 is 0 Å². The Kier molecular flexibility index (Phi) is 6.12. The SMILES string of the molecule is c1ccc(-c2nc(-c3cccc(-c4ccc5ccccc5c4)c3)nc(-c3cccc4sc5c6c(ccc5c34)-c3cccc4cccc-6c34)n2)cc1. The highest BCUT2D eigenvalue weighted by atomic mass is 32.1. The van der Waals surface area contributed by atoms with Gasteiger partial charge in [0.15, 0.2) is 17.5 Å². The minimum absolute atomic E-state index is 0.654. The van der Waals surface area contributed by atoms with E-state index in [1.165, 1.54) is 64.0 Å². The molecule has 0 N–H and O–H groups in total. The lowest BCUT2D eigenvalue weighted by atomic mass is 9.99. The number of aromatic nitrogens is 3. The van der Waals surface area contributed by atoms with Gasteiger partial charge in [0.05, 0.1) is 0 Å². The molecular weight excluding hydrogens is 639 g/mol. The maximum atomic E-state index is 5.24. The zero-order valence-corrected chi connectivity index (χ0v) is 28.2. The van der Waals surface area contributed by atoms with Gasteiger partial charge < -0.3 is 0 Å². The van der Waals surface area contributed by atoms with E-state index in [2.05, 4.69) is 146 Å². The van der Waals surface area contributed by atoms with Gasteiger partial charge in [0.2, 0.25) is 0 Å². The summed E-state index contributed by atoms with van der Waals surface area (Å²) in [6, 6.07) is 58.3. The quantitative estimate of drug-likeness (QED) is 0.188. The molecule has 0 fully saturated rings. The fraction of sp³-hybridized carbons (Fsp3) is 0. The third kappa shape index (κ3) is 4.40. The van der Waals surface area contributed by atoms with Crippen molar-refractivity contribution in [1.29, 1.82) is 0 Å². The molecule has 1 aliphatic carbocycles. The van der Waals surface area contributed by atoms with E-state index in [-0.39, 0.29) is 0 Å². The van der Waals surface area contributed by atoms with E-state index in [9.17, 15) is 0 Å². The summed E-state index contributed by atoms with van der Waals surface area (Å²) < 4.78 is 2.53. The first-order valence-electron chi connectivity index (χ1n) is 17.2. The lowest BCUT2D eigenvalue weighted by molar-refractivity contribution is 1.08. The van der Waals surface area contributed by atoms with Gasteiger partial charge in [-0.25, -0.2) is 15.0 Å². The second-order valence-corrected chi connectivity index (χ2v) is 14.2. The van der Waals surface area contributed by atoms with Crippen LogP contribution in [0.5, 0.6) is 0 Å². The Bertz CT molecular complexity index is 3030. The van der Waals surface area contributed by atoms with Crippen LogP contribution in [0.25, 0.3) is 109 Å². The third-order valence-corrected chi connectivity index (χ3v) is 11.4. The number of thiophene rings is 1. The molecule has 0 saturated heterocycles. The van der Waals surface area contributed by atoms with Gasteiger partial charge in [0.25, 0.3) is 0 Å². The molecule has 0 spiro atoms. The fourth-order valence-corrected chi connectivity index (χ4v) is 9.18. The molecule has 0 bridgehead atoms. The number of hydrogen-bond donors (Lipinski definition) is 0. The van der Waals surface area contributed by atoms with Gasteiger partial charge >= 0.3 is 0 Å². The predicted octanol–water partition coefficient (Wildman–Crippen LogP) is 12.9. The largest absolute Gasteiger partial charge is 0.208 e. The summed E-state index contributed by atoms with van der Waals surface area (Å²) in [6.07, 6.45) is 0. The molecule has 1 aliphatic rings. The zero-order chi connectivity index (χ0) is 33.5. The molecule has 0 aliphatic heterocycles. The standard InChI is InChI=1S/C47H27N3S/c1-2-11-30(12-3-1)45-48-46(34-17-6-16-32(27-34)33-23-22-28-10-4-5-13-31(28)26-33)50-47(49-45)39-20-9-21-40-42(39)38-25-24-36-35-18-7-14-29-15-8-19-37(41(29)35)43(36)44(38)51-40/h1-27H. The Hall–Kier alpha value is -6.49. The molecule has 2 aromatic heterocycles. The van der Waals surface area contributed by atoms with Gasteiger partial charge in [-0.1, -0.05) is 146 Å². The van der Waals surface area contributed by atoms with Gasteiger partial charge in [-0.3, -0.25) is 0 Å². The van der Waals surface area contributed by atoms with Crippen LogP contribution in [0.1, 0.15) is 0 Å². The van der Waals surface area contributed by atoms with Crippen molar-refractivity contribution >= 4 is 53.1 Å². The first-order chi connectivity index (χ1) is 25.3. The predicted molar refractivity (Wildman–Crippen MR) is 214 cm³/mol. The van der Waals surface area contributed by atoms with Crippen LogP contribution in [0.4, 0.5) is 0 Å². The topological polar surface area (TPSA) is 38.7 Å². The lowest BCUT2D eigenvalue weighted by Crippen LogP contribution is -2.00. The minimum atomic E-state index is 0.654. The molecule has 4 heteroatoms. The maximum Gasteiger partial charge on any atom is 0.164 e. The van der Waals surface area contributed by atoms with Crippen LogP contribution in [0.15, 0.2) is 164 Å². The molecule has 10 aromatic rings. The summed E-state index contributed by atoms with van der Waals surface area (Å²) in [6.45, 7) is 0. The second kappa shape index (κ2) is 11.0. The van der Waals surface area contributed by atoms with Crippen LogP contribution in [0, 0.1) is 0 Å². The van der Waals surface area contributed by atoms with Crippen molar-refractivity contribution in [2.75, 3.05) is 0 Å². The molecule has 0 atom stereocenters. The Morgan fingerprint density at radius 3 is 1.88 bits per heavy atom. The highest BCUT2D eigenvalue weighted by Gasteiger charge is 2.26. The van der Waals surface area contributed by atoms with E-state index >= 15 is 0 Å². The van der Waals surface area contributed by atoms with Crippen LogP contribution in [-0.2, 0) is 0 Å². The summed E-state index contributed by atoms with van der Waals surface area (Å²) in [5.74, 6) is 1.98. The number of rotatable bonds is 4. The van der Waals surface area contributed by atoms with Crippen molar-refractivity contribution in [3.8, 4) is 67.5 Å². The fourth-order valence-electron chi connectivity index (χ4n) is 7.89. The summed E-state index contributed by atoms with van der Waals surface area (Å²) in [5.41, 5.74) is 10.5. The van der Waals surface area contributed by atoms with Gasteiger partial charge in [0.1, 0.15) is 0 Å².